The fourth-order valence-corrected chi connectivity index (χ4v) is 2.99. The molecule has 0 aliphatic carbocycles. The number of thioether (sulfide) groups is 1. The van der Waals surface area contributed by atoms with E-state index < -0.39 is 0 Å². The Balaban J connectivity index is 1.93. The molecular formula is C11H15ClN2S. The van der Waals surface area contributed by atoms with Gasteiger partial charge in [0.15, 0.2) is 0 Å². The predicted octanol–water partition coefficient (Wildman–Crippen LogP) is 2.67. The number of pyridine rings is 1. The van der Waals surface area contributed by atoms with E-state index in [4.69, 9.17) is 11.6 Å². The van der Waals surface area contributed by atoms with Gasteiger partial charge in [0.1, 0.15) is 5.15 Å². The molecule has 0 aromatic carbocycles. The highest BCUT2D eigenvalue weighted by molar-refractivity contribution is 7.99. The second-order valence-electron chi connectivity index (χ2n) is 3.91. The fraction of sp³-hybridized carbons (Fsp3) is 0.545. The van der Waals surface area contributed by atoms with E-state index in [2.05, 4.69) is 34.6 Å². The van der Waals surface area contributed by atoms with Gasteiger partial charge in [0, 0.05) is 36.8 Å². The van der Waals surface area contributed by atoms with Gasteiger partial charge >= 0.3 is 0 Å². The van der Waals surface area contributed by atoms with Crippen molar-refractivity contribution in [2.45, 2.75) is 18.7 Å². The summed E-state index contributed by atoms with van der Waals surface area (Å²) in [4.78, 5) is 6.58. The van der Waals surface area contributed by atoms with Crippen LogP contribution in [-0.2, 0) is 6.54 Å². The Hall–Kier alpha value is -0.250. The Bertz CT molecular complexity index is 315. The lowest BCUT2D eigenvalue weighted by Crippen LogP contribution is -2.36. The smallest absolute Gasteiger partial charge is 0.129 e. The number of rotatable bonds is 2. The normalized spacial score (nSPS) is 22.9. The summed E-state index contributed by atoms with van der Waals surface area (Å²) in [5.41, 5.74) is 1.25. The first-order chi connectivity index (χ1) is 7.24. The molecule has 1 atom stereocenters. The van der Waals surface area contributed by atoms with Gasteiger partial charge in [-0.3, -0.25) is 4.90 Å². The van der Waals surface area contributed by atoms with Crippen LogP contribution in [-0.4, -0.2) is 34.0 Å². The van der Waals surface area contributed by atoms with Crippen molar-refractivity contribution >= 4 is 23.4 Å². The molecule has 2 nitrogen and oxygen atoms in total. The summed E-state index contributed by atoms with van der Waals surface area (Å²) in [6, 6.07) is 3.92. The van der Waals surface area contributed by atoms with Gasteiger partial charge in [-0.25, -0.2) is 4.98 Å². The monoisotopic (exact) mass is 242 g/mol. The highest BCUT2D eigenvalue weighted by Crippen LogP contribution is 2.19. The first-order valence-corrected chi connectivity index (χ1v) is 6.61. The van der Waals surface area contributed by atoms with E-state index in [-0.39, 0.29) is 0 Å². The molecule has 0 saturated carbocycles. The van der Waals surface area contributed by atoms with Gasteiger partial charge < -0.3 is 0 Å². The molecule has 1 saturated heterocycles. The van der Waals surface area contributed by atoms with Gasteiger partial charge in [-0.2, -0.15) is 11.8 Å². The molecule has 0 N–H and O–H groups in total. The number of halogens is 1. The van der Waals surface area contributed by atoms with Crippen molar-refractivity contribution in [1.29, 1.82) is 0 Å². The Morgan fingerprint density at radius 3 is 3.13 bits per heavy atom. The van der Waals surface area contributed by atoms with E-state index in [0.29, 0.717) is 5.15 Å². The van der Waals surface area contributed by atoms with Crippen molar-refractivity contribution in [3.8, 4) is 0 Å². The molecule has 2 rings (SSSR count). The molecule has 4 heteroatoms. The molecule has 2 heterocycles. The lowest BCUT2D eigenvalue weighted by atomic mass is 10.2. The third-order valence-electron chi connectivity index (χ3n) is 2.52. The number of hydrogen-bond donors (Lipinski definition) is 0. The van der Waals surface area contributed by atoms with E-state index in [1.54, 1.807) is 0 Å². The van der Waals surface area contributed by atoms with Crippen LogP contribution in [0.5, 0.6) is 0 Å². The minimum atomic E-state index is 0.571. The van der Waals surface area contributed by atoms with E-state index >= 15 is 0 Å². The van der Waals surface area contributed by atoms with Gasteiger partial charge in [0.05, 0.1) is 0 Å². The van der Waals surface area contributed by atoms with Crippen LogP contribution in [0.15, 0.2) is 18.3 Å². The van der Waals surface area contributed by atoms with Crippen molar-refractivity contribution in [2.24, 2.45) is 0 Å². The third-order valence-corrected chi connectivity index (χ3v) is 3.88. The van der Waals surface area contributed by atoms with Crippen molar-refractivity contribution in [1.82, 2.24) is 9.88 Å². The van der Waals surface area contributed by atoms with E-state index in [0.717, 1.165) is 11.8 Å². The first kappa shape index (κ1) is 11.2. The number of aromatic nitrogens is 1. The van der Waals surface area contributed by atoms with Gasteiger partial charge in [-0.05, 0) is 11.6 Å². The standard InChI is InChI=1S/C11H15ClN2S/c1-9-7-14(4-5-15-9)8-10-2-3-11(12)13-6-10/h2-3,6,9H,4-5,7-8H2,1H3. The number of nitrogens with zero attached hydrogens (tertiary/aromatic N) is 2. The minimum absolute atomic E-state index is 0.571. The van der Waals surface area contributed by atoms with Gasteiger partial charge in [-0.15, -0.1) is 0 Å². The topological polar surface area (TPSA) is 16.1 Å². The summed E-state index contributed by atoms with van der Waals surface area (Å²) < 4.78 is 0. The molecule has 1 aromatic rings. The average molecular weight is 243 g/mol. The van der Waals surface area contributed by atoms with E-state index in [1.807, 2.05) is 12.3 Å². The Morgan fingerprint density at radius 2 is 2.47 bits per heavy atom. The predicted molar refractivity (Wildman–Crippen MR) is 66.4 cm³/mol. The summed E-state index contributed by atoms with van der Waals surface area (Å²) >= 11 is 7.81. The maximum absolute atomic E-state index is 5.75. The average Bonchev–Trinajstić information content (AvgIpc) is 2.22. The molecular weight excluding hydrogens is 228 g/mol. The minimum Gasteiger partial charge on any atom is -0.297 e. The SMILES string of the molecule is CC1CN(Cc2ccc(Cl)nc2)CCS1. The van der Waals surface area contributed by atoms with Crippen LogP contribution in [0.25, 0.3) is 0 Å². The van der Waals surface area contributed by atoms with Crippen molar-refractivity contribution in [2.75, 3.05) is 18.8 Å². The van der Waals surface area contributed by atoms with Crippen LogP contribution >= 0.6 is 23.4 Å². The summed E-state index contributed by atoms with van der Waals surface area (Å²) in [5.74, 6) is 1.24. The van der Waals surface area contributed by atoms with E-state index in [1.165, 1.54) is 24.4 Å². The lowest BCUT2D eigenvalue weighted by Gasteiger charge is -2.30. The van der Waals surface area contributed by atoms with Crippen LogP contribution in [0.1, 0.15) is 12.5 Å². The highest BCUT2D eigenvalue weighted by atomic mass is 35.5. The van der Waals surface area contributed by atoms with Crippen LogP contribution in [0.4, 0.5) is 0 Å². The van der Waals surface area contributed by atoms with Crippen LogP contribution in [0, 0.1) is 0 Å². The summed E-state index contributed by atoms with van der Waals surface area (Å²) in [7, 11) is 0. The summed E-state index contributed by atoms with van der Waals surface area (Å²) in [6.45, 7) is 5.64. The molecule has 0 radical (unpaired) electrons. The Kier molecular flexibility index (Phi) is 3.89. The number of hydrogen-bond acceptors (Lipinski definition) is 3. The van der Waals surface area contributed by atoms with Crippen LogP contribution in [0.3, 0.4) is 0 Å². The van der Waals surface area contributed by atoms with Crippen LogP contribution < -0.4 is 0 Å². The maximum Gasteiger partial charge on any atom is 0.129 e. The first-order valence-electron chi connectivity index (χ1n) is 5.18. The lowest BCUT2D eigenvalue weighted by molar-refractivity contribution is 0.278. The quantitative estimate of drug-likeness (QED) is 0.742. The molecule has 0 spiro atoms. The Labute approximate surface area is 100 Å². The van der Waals surface area contributed by atoms with E-state index in [9.17, 15) is 0 Å². The second-order valence-corrected chi connectivity index (χ2v) is 5.84. The maximum atomic E-state index is 5.75. The molecule has 1 aromatic heterocycles. The molecule has 15 heavy (non-hydrogen) atoms. The Morgan fingerprint density at radius 1 is 1.60 bits per heavy atom. The van der Waals surface area contributed by atoms with Gasteiger partial charge in [0.2, 0.25) is 0 Å². The zero-order valence-electron chi connectivity index (χ0n) is 8.82. The van der Waals surface area contributed by atoms with Crippen molar-refractivity contribution in [3.63, 3.8) is 0 Å². The molecule has 82 valence electrons. The molecule has 0 bridgehead atoms. The molecule has 1 aliphatic rings. The van der Waals surface area contributed by atoms with Crippen molar-refractivity contribution in [3.05, 3.63) is 29.0 Å². The van der Waals surface area contributed by atoms with Gasteiger partial charge in [0.25, 0.3) is 0 Å². The van der Waals surface area contributed by atoms with Crippen molar-refractivity contribution < 1.29 is 0 Å². The third kappa shape index (κ3) is 3.37. The molecule has 1 fully saturated rings. The second kappa shape index (κ2) is 5.19. The highest BCUT2D eigenvalue weighted by Gasteiger charge is 2.16. The zero-order chi connectivity index (χ0) is 10.7. The largest absolute Gasteiger partial charge is 0.297 e. The van der Waals surface area contributed by atoms with Crippen LogP contribution in [0.2, 0.25) is 5.15 Å². The zero-order valence-corrected chi connectivity index (χ0v) is 10.4. The molecule has 1 unspecified atom stereocenters. The van der Waals surface area contributed by atoms with Gasteiger partial charge in [-0.1, -0.05) is 24.6 Å². The molecule has 1 aliphatic heterocycles. The summed E-state index contributed by atoms with van der Waals surface area (Å²) in [5, 5.41) is 1.32. The summed E-state index contributed by atoms with van der Waals surface area (Å²) in [6.07, 6.45) is 1.87. The molecule has 0 amide bonds. The fourth-order valence-electron chi connectivity index (χ4n) is 1.79.